The molecular weight excluding hydrogens is 306 g/mol. The topological polar surface area (TPSA) is 38.1 Å². The van der Waals surface area contributed by atoms with Crippen LogP contribution in [0.3, 0.4) is 0 Å². The number of likely N-dealkylation sites (N-methyl/N-ethyl adjacent to an activating group) is 1. The molecule has 100 valence electrons. The van der Waals surface area contributed by atoms with Crippen LogP contribution in [0.5, 0.6) is 0 Å². The molecule has 1 aliphatic rings. The number of likely N-dealkylation sites (tertiary alicyclic amines) is 1. The van der Waals surface area contributed by atoms with Crippen LogP contribution >= 0.6 is 15.9 Å². The number of aromatic nitrogens is 2. The molecule has 1 fully saturated rings. The average molecular weight is 322 g/mol. The van der Waals surface area contributed by atoms with Crippen molar-refractivity contribution in [2.45, 2.75) is 12.3 Å². The smallest absolute Gasteiger partial charge is 0.261 e. The molecule has 19 heavy (non-hydrogen) atoms. The van der Waals surface area contributed by atoms with E-state index in [-0.39, 0.29) is 5.56 Å². The first-order chi connectivity index (χ1) is 9.06. The lowest BCUT2D eigenvalue weighted by molar-refractivity contribution is 0.408. The Morgan fingerprint density at radius 1 is 1.37 bits per heavy atom. The Labute approximate surface area is 120 Å². The Morgan fingerprint density at radius 3 is 2.84 bits per heavy atom. The zero-order chi connectivity index (χ0) is 13.6. The summed E-state index contributed by atoms with van der Waals surface area (Å²) in [6.45, 7) is 2.04. The van der Waals surface area contributed by atoms with E-state index >= 15 is 0 Å². The third-order valence-electron chi connectivity index (χ3n) is 3.83. The fourth-order valence-corrected chi connectivity index (χ4v) is 3.12. The average Bonchev–Trinajstić information content (AvgIpc) is 2.80. The lowest BCUT2D eigenvalue weighted by Gasteiger charge is -2.15. The number of rotatable bonds is 1. The summed E-state index contributed by atoms with van der Waals surface area (Å²) in [7, 11) is 3.93. The van der Waals surface area contributed by atoms with Crippen LogP contribution in [0.4, 0.5) is 0 Å². The second-order valence-corrected chi connectivity index (χ2v) is 6.16. The largest absolute Gasteiger partial charge is 0.306 e. The van der Waals surface area contributed by atoms with Crippen LogP contribution in [0.25, 0.3) is 10.9 Å². The summed E-state index contributed by atoms with van der Waals surface area (Å²) < 4.78 is 2.66. The van der Waals surface area contributed by atoms with Crippen LogP contribution in [-0.4, -0.2) is 34.6 Å². The molecule has 0 radical (unpaired) electrons. The number of hydrogen-bond acceptors (Lipinski definition) is 3. The summed E-state index contributed by atoms with van der Waals surface area (Å²) in [5.41, 5.74) is 0.823. The van der Waals surface area contributed by atoms with Gasteiger partial charge in [-0.05, 0) is 38.2 Å². The molecule has 1 aliphatic heterocycles. The van der Waals surface area contributed by atoms with Gasteiger partial charge in [0.15, 0.2) is 0 Å². The standard InChI is InChI=1S/C14H16BrN3O/c1-17-6-5-9(8-17)13-16-12-7-10(15)3-4-11(12)14(19)18(13)2/h3-4,7,9H,5-6,8H2,1-2H3. The summed E-state index contributed by atoms with van der Waals surface area (Å²) >= 11 is 3.44. The van der Waals surface area contributed by atoms with E-state index in [0.29, 0.717) is 11.3 Å². The molecule has 0 saturated carbocycles. The van der Waals surface area contributed by atoms with Gasteiger partial charge < -0.3 is 4.90 Å². The van der Waals surface area contributed by atoms with Crippen LogP contribution in [0.1, 0.15) is 18.2 Å². The van der Waals surface area contributed by atoms with Gasteiger partial charge in [-0.3, -0.25) is 9.36 Å². The first kappa shape index (κ1) is 12.8. The van der Waals surface area contributed by atoms with Crippen molar-refractivity contribution >= 4 is 26.8 Å². The SMILES string of the molecule is CN1CCC(c2nc3cc(Br)ccc3c(=O)n2C)C1. The fourth-order valence-electron chi connectivity index (χ4n) is 2.77. The van der Waals surface area contributed by atoms with Gasteiger partial charge in [-0.2, -0.15) is 0 Å². The molecule has 4 nitrogen and oxygen atoms in total. The fraction of sp³-hybridized carbons (Fsp3) is 0.429. The Bertz CT molecular complexity index is 695. The highest BCUT2D eigenvalue weighted by Gasteiger charge is 2.25. The first-order valence-electron chi connectivity index (χ1n) is 6.41. The third-order valence-corrected chi connectivity index (χ3v) is 4.32. The van der Waals surface area contributed by atoms with Gasteiger partial charge in [0.25, 0.3) is 5.56 Å². The van der Waals surface area contributed by atoms with Crippen molar-refractivity contribution < 1.29 is 0 Å². The van der Waals surface area contributed by atoms with E-state index in [1.54, 1.807) is 4.57 Å². The molecule has 2 aromatic rings. The highest BCUT2D eigenvalue weighted by atomic mass is 79.9. The molecule has 0 N–H and O–H groups in total. The normalized spacial score (nSPS) is 20.3. The highest BCUT2D eigenvalue weighted by Crippen LogP contribution is 2.25. The molecule has 1 unspecified atom stereocenters. The van der Waals surface area contributed by atoms with Gasteiger partial charge in [-0.25, -0.2) is 4.98 Å². The molecule has 0 amide bonds. The van der Waals surface area contributed by atoms with E-state index < -0.39 is 0 Å². The molecule has 1 aromatic carbocycles. The van der Waals surface area contributed by atoms with Gasteiger partial charge in [-0.1, -0.05) is 15.9 Å². The van der Waals surface area contributed by atoms with Crippen molar-refractivity contribution in [2.24, 2.45) is 7.05 Å². The van der Waals surface area contributed by atoms with Crippen molar-refractivity contribution in [2.75, 3.05) is 20.1 Å². The lowest BCUT2D eigenvalue weighted by Crippen LogP contribution is -2.25. The minimum atomic E-state index is 0.0436. The van der Waals surface area contributed by atoms with E-state index in [1.165, 1.54) is 0 Å². The van der Waals surface area contributed by atoms with Gasteiger partial charge >= 0.3 is 0 Å². The Morgan fingerprint density at radius 2 is 2.16 bits per heavy atom. The number of benzene rings is 1. The summed E-state index contributed by atoms with van der Waals surface area (Å²) in [5.74, 6) is 1.26. The van der Waals surface area contributed by atoms with Crippen molar-refractivity contribution in [1.29, 1.82) is 0 Å². The number of fused-ring (bicyclic) bond motifs is 1. The Balaban J connectivity index is 2.20. The predicted octanol–water partition coefficient (Wildman–Crippen LogP) is 2.12. The van der Waals surface area contributed by atoms with Crippen molar-refractivity contribution in [3.8, 4) is 0 Å². The number of nitrogens with zero attached hydrogens (tertiary/aromatic N) is 3. The van der Waals surface area contributed by atoms with Crippen molar-refractivity contribution in [1.82, 2.24) is 14.5 Å². The maximum atomic E-state index is 12.4. The zero-order valence-electron chi connectivity index (χ0n) is 11.1. The van der Waals surface area contributed by atoms with Gasteiger partial charge in [0.05, 0.1) is 10.9 Å². The van der Waals surface area contributed by atoms with E-state index in [0.717, 1.165) is 35.3 Å². The first-order valence-corrected chi connectivity index (χ1v) is 7.20. The van der Waals surface area contributed by atoms with Gasteiger partial charge in [0.1, 0.15) is 5.82 Å². The second kappa shape index (κ2) is 4.72. The molecule has 1 atom stereocenters. The number of hydrogen-bond donors (Lipinski definition) is 0. The highest BCUT2D eigenvalue weighted by molar-refractivity contribution is 9.10. The quantitative estimate of drug-likeness (QED) is 0.807. The molecule has 2 heterocycles. The molecule has 0 aliphatic carbocycles. The van der Waals surface area contributed by atoms with Crippen LogP contribution in [0.2, 0.25) is 0 Å². The summed E-state index contributed by atoms with van der Waals surface area (Å²) in [6.07, 6.45) is 1.07. The summed E-state index contributed by atoms with van der Waals surface area (Å²) in [4.78, 5) is 19.4. The van der Waals surface area contributed by atoms with Gasteiger partial charge in [0.2, 0.25) is 0 Å². The molecule has 5 heteroatoms. The predicted molar refractivity (Wildman–Crippen MR) is 79.5 cm³/mol. The third kappa shape index (κ3) is 2.21. The Kier molecular flexibility index (Phi) is 3.19. The van der Waals surface area contributed by atoms with E-state index in [4.69, 9.17) is 4.98 Å². The van der Waals surface area contributed by atoms with Crippen molar-refractivity contribution in [3.63, 3.8) is 0 Å². The minimum Gasteiger partial charge on any atom is -0.306 e. The Hall–Kier alpha value is -1.20. The molecular formula is C14H16BrN3O. The van der Waals surface area contributed by atoms with Crippen LogP contribution in [0.15, 0.2) is 27.5 Å². The van der Waals surface area contributed by atoms with E-state index in [2.05, 4.69) is 27.9 Å². The number of halogens is 1. The molecule has 3 rings (SSSR count). The lowest BCUT2D eigenvalue weighted by atomic mass is 10.1. The maximum absolute atomic E-state index is 12.4. The summed E-state index contributed by atoms with van der Waals surface area (Å²) in [6, 6.07) is 5.63. The second-order valence-electron chi connectivity index (χ2n) is 5.24. The molecule has 1 aromatic heterocycles. The van der Waals surface area contributed by atoms with Crippen LogP contribution < -0.4 is 5.56 Å². The van der Waals surface area contributed by atoms with E-state index in [9.17, 15) is 4.79 Å². The molecule has 0 spiro atoms. The summed E-state index contributed by atoms with van der Waals surface area (Å²) in [5, 5.41) is 0.681. The molecule has 1 saturated heterocycles. The van der Waals surface area contributed by atoms with Crippen LogP contribution in [0, 0.1) is 0 Å². The van der Waals surface area contributed by atoms with Crippen LogP contribution in [-0.2, 0) is 7.05 Å². The molecule has 0 bridgehead atoms. The van der Waals surface area contributed by atoms with Crippen molar-refractivity contribution in [3.05, 3.63) is 38.9 Å². The minimum absolute atomic E-state index is 0.0436. The van der Waals surface area contributed by atoms with Gasteiger partial charge in [0, 0.05) is 24.0 Å². The maximum Gasteiger partial charge on any atom is 0.261 e. The van der Waals surface area contributed by atoms with E-state index in [1.807, 2.05) is 25.2 Å². The zero-order valence-corrected chi connectivity index (χ0v) is 12.6. The monoisotopic (exact) mass is 321 g/mol. The van der Waals surface area contributed by atoms with Gasteiger partial charge in [-0.15, -0.1) is 0 Å².